The molecule has 108 valence electrons. The van der Waals surface area contributed by atoms with Crippen LogP contribution in [0.5, 0.6) is 5.75 Å². The molecule has 0 saturated heterocycles. The van der Waals surface area contributed by atoms with E-state index in [-0.39, 0.29) is 24.2 Å². The molecule has 4 nitrogen and oxygen atoms in total. The standard InChI is InChI=1S/C13H20FNO3S/c1-3-11(2)15-19(16,17)10-4-9-18-13-7-5-12(14)6-8-13/h5-8,11,15H,3-4,9-10H2,1-2H3/t11-/m1/s1. The Labute approximate surface area is 114 Å². The molecule has 0 spiro atoms. The van der Waals surface area contributed by atoms with Crippen molar-refractivity contribution < 1.29 is 17.5 Å². The summed E-state index contributed by atoms with van der Waals surface area (Å²) in [6, 6.07) is 5.58. The maximum Gasteiger partial charge on any atom is 0.211 e. The van der Waals surface area contributed by atoms with Gasteiger partial charge < -0.3 is 4.74 Å². The van der Waals surface area contributed by atoms with Crippen LogP contribution in [-0.2, 0) is 10.0 Å². The van der Waals surface area contributed by atoms with Crippen LogP contribution in [0, 0.1) is 5.82 Å². The lowest BCUT2D eigenvalue weighted by Crippen LogP contribution is -2.34. The van der Waals surface area contributed by atoms with E-state index in [1.54, 1.807) is 0 Å². The van der Waals surface area contributed by atoms with Crippen molar-refractivity contribution in [1.82, 2.24) is 4.72 Å². The van der Waals surface area contributed by atoms with E-state index in [1.807, 2.05) is 13.8 Å². The smallest absolute Gasteiger partial charge is 0.211 e. The first-order valence-corrected chi connectivity index (χ1v) is 7.96. The number of nitrogens with one attached hydrogen (secondary N) is 1. The Bertz CT molecular complexity index is 473. The fourth-order valence-electron chi connectivity index (χ4n) is 1.42. The molecule has 0 aliphatic heterocycles. The van der Waals surface area contributed by atoms with Gasteiger partial charge in [-0.15, -0.1) is 0 Å². The minimum absolute atomic E-state index is 0.0263. The number of ether oxygens (including phenoxy) is 1. The van der Waals surface area contributed by atoms with E-state index in [4.69, 9.17) is 4.74 Å². The number of rotatable bonds is 8. The third-order valence-corrected chi connectivity index (χ3v) is 4.22. The highest BCUT2D eigenvalue weighted by atomic mass is 32.2. The quantitative estimate of drug-likeness (QED) is 0.747. The Hall–Kier alpha value is -1.14. The van der Waals surface area contributed by atoms with Crippen LogP contribution in [0.1, 0.15) is 26.7 Å². The number of hydrogen-bond acceptors (Lipinski definition) is 3. The molecular formula is C13H20FNO3S. The monoisotopic (exact) mass is 289 g/mol. The summed E-state index contributed by atoms with van der Waals surface area (Å²) in [4.78, 5) is 0. The van der Waals surface area contributed by atoms with Crippen LogP contribution in [0.15, 0.2) is 24.3 Å². The summed E-state index contributed by atoms with van der Waals surface area (Å²) in [6.45, 7) is 4.03. The lowest BCUT2D eigenvalue weighted by Gasteiger charge is -2.12. The highest BCUT2D eigenvalue weighted by Gasteiger charge is 2.12. The molecule has 1 rings (SSSR count). The number of hydrogen-bond donors (Lipinski definition) is 1. The van der Waals surface area contributed by atoms with Crippen molar-refractivity contribution in [1.29, 1.82) is 0 Å². The molecule has 6 heteroatoms. The lowest BCUT2D eigenvalue weighted by atomic mass is 10.3. The molecule has 1 aromatic carbocycles. The van der Waals surface area contributed by atoms with Gasteiger partial charge in [0.1, 0.15) is 11.6 Å². The first-order chi connectivity index (χ1) is 8.93. The number of halogens is 1. The normalized spacial score (nSPS) is 13.2. The number of sulfonamides is 1. The third kappa shape index (κ3) is 6.54. The molecule has 1 aromatic rings. The predicted molar refractivity (Wildman–Crippen MR) is 73.2 cm³/mol. The third-order valence-electron chi connectivity index (χ3n) is 2.63. The summed E-state index contributed by atoms with van der Waals surface area (Å²) >= 11 is 0. The molecule has 0 aliphatic rings. The fraction of sp³-hybridized carbons (Fsp3) is 0.538. The van der Waals surface area contributed by atoms with Gasteiger partial charge in [0.25, 0.3) is 0 Å². The zero-order valence-corrected chi connectivity index (χ0v) is 12.0. The summed E-state index contributed by atoms with van der Waals surface area (Å²) in [5.41, 5.74) is 0. The Kier molecular flexibility index (Phi) is 6.24. The zero-order valence-electron chi connectivity index (χ0n) is 11.2. The van der Waals surface area contributed by atoms with Gasteiger partial charge in [0.15, 0.2) is 0 Å². The van der Waals surface area contributed by atoms with Crippen LogP contribution in [0.25, 0.3) is 0 Å². The van der Waals surface area contributed by atoms with Crippen LogP contribution in [-0.4, -0.2) is 26.8 Å². The highest BCUT2D eigenvalue weighted by Crippen LogP contribution is 2.11. The van der Waals surface area contributed by atoms with Crippen molar-refractivity contribution >= 4 is 10.0 Å². The Balaban J connectivity index is 2.28. The second-order valence-corrected chi connectivity index (χ2v) is 6.28. The Morgan fingerprint density at radius 2 is 1.95 bits per heavy atom. The molecule has 1 atom stereocenters. The van der Waals surface area contributed by atoms with Gasteiger partial charge in [-0.25, -0.2) is 17.5 Å². The highest BCUT2D eigenvalue weighted by molar-refractivity contribution is 7.89. The average molecular weight is 289 g/mol. The average Bonchev–Trinajstić information content (AvgIpc) is 2.36. The molecule has 0 aliphatic carbocycles. The van der Waals surface area contributed by atoms with Gasteiger partial charge in [-0.2, -0.15) is 0 Å². The lowest BCUT2D eigenvalue weighted by molar-refractivity contribution is 0.317. The van der Waals surface area contributed by atoms with Gasteiger partial charge in [0.05, 0.1) is 12.4 Å². The minimum atomic E-state index is -3.24. The van der Waals surface area contributed by atoms with E-state index < -0.39 is 10.0 Å². The summed E-state index contributed by atoms with van der Waals surface area (Å²) in [5.74, 6) is 0.236. The van der Waals surface area contributed by atoms with Crippen LogP contribution in [0.2, 0.25) is 0 Å². The Morgan fingerprint density at radius 1 is 1.32 bits per heavy atom. The van der Waals surface area contributed by atoms with Crippen molar-refractivity contribution in [3.8, 4) is 5.75 Å². The molecule has 0 unspecified atom stereocenters. The van der Waals surface area contributed by atoms with Gasteiger partial charge in [-0.05, 0) is 44.0 Å². The Morgan fingerprint density at radius 3 is 2.53 bits per heavy atom. The van der Waals surface area contributed by atoms with E-state index in [0.717, 1.165) is 6.42 Å². The van der Waals surface area contributed by atoms with Crippen molar-refractivity contribution in [3.05, 3.63) is 30.1 Å². The summed E-state index contributed by atoms with van der Waals surface area (Å²) < 4.78 is 43.8. The van der Waals surface area contributed by atoms with Crippen molar-refractivity contribution in [2.75, 3.05) is 12.4 Å². The molecule has 0 bridgehead atoms. The molecule has 0 aromatic heterocycles. The van der Waals surface area contributed by atoms with Crippen molar-refractivity contribution in [2.24, 2.45) is 0 Å². The van der Waals surface area contributed by atoms with Crippen molar-refractivity contribution in [2.45, 2.75) is 32.7 Å². The summed E-state index contributed by atoms with van der Waals surface area (Å²) in [7, 11) is -3.24. The van der Waals surface area contributed by atoms with E-state index in [1.165, 1.54) is 24.3 Å². The van der Waals surface area contributed by atoms with Gasteiger partial charge in [0.2, 0.25) is 10.0 Å². The van der Waals surface area contributed by atoms with Gasteiger partial charge in [-0.3, -0.25) is 0 Å². The molecule has 0 heterocycles. The second kappa shape index (κ2) is 7.45. The molecule has 0 radical (unpaired) electrons. The molecule has 1 N–H and O–H groups in total. The van der Waals surface area contributed by atoms with E-state index in [9.17, 15) is 12.8 Å². The maximum atomic E-state index is 12.6. The molecule has 0 amide bonds. The molecular weight excluding hydrogens is 269 g/mol. The van der Waals surface area contributed by atoms with Crippen LogP contribution >= 0.6 is 0 Å². The topological polar surface area (TPSA) is 55.4 Å². The van der Waals surface area contributed by atoms with Gasteiger partial charge in [0, 0.05) is 6.04 Å². The van der Waals surface area contributed by atoms with E-state index in [0.29, 0.717) is 12.2 Å². The van der Waals surface area contributed by atoms with E-state index >= 15 is 0 Å². The van der Waals surface area contributed by atoms with Crippen LogP contribution in [0.4, 0.5) is 4.39 Å². The van der Waals surface area contributed by atoms with Crippen LogP contribution in [0.3, 0.4) is 0 Å². The first kappa shape index (κ1) is 15.9. The second-order valence-electron chi connectivity index (χ2n) is 4.40. The minimum Gasteiger partial charge on any atom is -0.494 e. The largest absolute Gasteiger partial charge is 0.494 e. The molecule has 0 fully saturated rings. The fourth-order valence-corrected chi connectivity index (χ4v) is 2.81. The van der Waals surface area contributed by atoms with Gasteiger partial charge in [-0.1, -0.05) is 6.92 Å². The van der Waals surface area contributed by atoms with Gasteiger partial charge >= 0.3 is 0 Å². The first-order valence-electron chi connectivity index (χ1n) is 6.31. The molecule has 19 heavy (non-hydrogen) atoms. The van der Waals surface area contributed by atoms with Crippen molar-refractivity contribution in [3.63, 3.8) is 0 Å². The molecule has 0 saturated carbocycles. The summed E-state index contributed by atoms with van der Waals surface area (Å²) in [5, 5.41) is 0. The predicted octanol–water partition coefficient (Wildman–Crippen LogP) is 2.31. The van der Waals surface area contributed by atoms with Crippen LogP contribution < -0.4 is 9.46 Å². The summed E-state index contributed by atoms with van der Waals surface area (Å²) in [6.07, 6.45) is 1.15. The maximum absolute atomic E-state index is 12.6. The zero-order chi connectivity index (χ0) is 14.3. The van der Waals surface area contributed by atoms with E-state index in [2.05, 4.69) is 4.72 Å². The number of benzene rings is 1. The SMILES string of the molecule is CC[C@@H](C)NS(=O)(=O)CCCOc1ccc(F)cc1.